The molecule has 0 atom stereocenters. The van der Waals surface area contributed by atoms with E-state index in [-0.39, 0.29) is 69.1 Å². The van der Waals surface area contributed by atoms with Crippen LogP contribution in [0.1, 0.15) is 6.92 Å². The molecule has 0 aliphatic carbocycles. The molecule has 70 valence electrons. The molecule has 0 heterocycles. The van der Waals surface area contributed by atoms with E-state index in [9.17, 15) is 17.8 Å². The van der Waals surface area contributed by atoms with E-state index in [0.717, 1.165) is 11.8 Å². The van der Waals surface area contributed by atoms with Gasteiger partial charge in [0.2, 0.25) is 5.12 Å². The van der Waals surface area contributed by atoms with Crippen molar-refractivity contribution >= 4 is 27.0 Å². The van der Waals surface area contributed by atoms with Gasteiger partial charge in [0, 0.05) is 11.5 Å². The van der Waals surface area contributed by atoms with Crippen LogP contribution < -0.4 is 58.2 Å². The van der Waals surface area contributed by atoms with E-state index in [1.807, 2.05) is 0 Å². The van der Waals surface area contributed by atoms with Crippen LogP contribution in [0.3, 0.4) is 0 Å². The predicted octanol–water partition coefficient (Wildman–Crippen LogP) is -2.63. The van der Waals surface area contributed by atoms with E-state index in [4.69, 9.17) is 0 Å². The Kier molecular flexibility index (Phi) is 10.0. The minimum atomic E-state index is -4.20. The van der Waals surface area contributed by atoms with Gasteiger partial charge in [-0.15, -0.1) is 0 Å². The molecule has 13 heavy (non-hydrogen) atoms. The van der Waals surface area contributed by atoms with Crippen LogP contribution in [0.2, 0.25) is 0 Å². The van der Waals surface area contributed by atoms with Gasteiger partial charge in [0.25, 0.3) is 0 Å². The molecule has 0 rings (SSSR count). The summed E-state index contributed by atoms with van der Waals surface area (Å²) in [7, 11) is -4.20. The van der Waals surface area contributed by atoms with Crippen LogP contribution in [0.4, 0.5) is 0 Å². The fourth-order valence-electron chi connectivity index (χ4n) is 0.360. The van der Waals surface area contributed by atoms with E-state index in [1.54, 1.807) is 0 Å². The van der Waals surface area contributed by atoms with E-state index in [1.165, 1.54) is 6.92 Å². The zero-order chi connectivity index (χ0) is 9.78. The second-order valence-electron chi connectivity index (χ2n) is 2.18. The van der Waals surface area contributed by atoms with E-state index in [2.05, 4.69) is 6.58 Å². The van der Waals surface area contributed by atoms with Crippen LogP contribution in [-0.4, -0.2) is 29.6 Å². The van der Waals surface area contributed by atoms with E-state index >= 15 is 0 Å². The Labute approximate surface area is 131 Å². The van der Waals surface area contributed by atoms with Gasteiger partial charge in [0.05, 0.1) is 10.1 Å². The van der Waals surface area contributed by atoms with Crippen molar-refractivity contribution in [1.82, 2.24) is 0 Å². The van der Waals surface area contributed by atoms with Gasteiger partial charge in [0.1, 0.15) is 0 Å². The molecule has 0 saturated carbocycles. The maximum atomic E-state index is 10.8. The third-order valence-corrected chi connectivity index (χ3v) is 2.90. The first kappa shape index (κ1) is 16.9. The number of hydrogen-bond acceptors (Lipinski definition) is 5. The summed E-state index contributed by atoms with van der Waals surface area (Å²) in [6.07, 6.45) is 0. The van der Waals surface area contributed by atoms with Crippen LogP contribution in [0.15, 0.2) is 12.2 Å². The fraction of sp³-hybridized carbons (Fsp3) is 0.500. The minimum Gasteiger partial charge on any atom is -0.748 e. The average Bonchev–Trinajstić information content (AvgIpc) is 1.84. The maximum Gasteiger partial charge on any atom is 1.00 e. The summed E-state index contributed by atoms with van der Waals surface area (Å²) in [6.45, 7) is 4.90. The van der Waals surface area contributed by atoms with Crippen molar-refractivity contribution in [2.24, 2.45) is 0 Å². The van der Waals surface area contributed by atoms with Gasteiger partial charge in [-0.3, -0.25) is 4.79 Å². The quantitative estimate of drug-likeness (QED) is 0.419. The smallest absolute Gasteiger partial charge is 0.748 e. The zero-order valence-corrected chi connectivity index (χ0v) is 14.1. The monoisotopic (exact) mass is 294 g/mol. The third kappa shape index (κ3) is 11.4. The first-order valence-electron chi connectivity index (χ1n) is 3.09. The van der Waals surface area contributed by atoms with Gasteiger partial charge in [0.15, 0.2) is 0 Å². The molecule has 0 aromatic heterocycles. The summed E-state index contributed by atoms with van der Waals surface area (Å²) in [6, 6.07) is 0. The molecular formula is C6H9O4RbS2. The van der Waals surface area contributed by atoms with Gasteiger partial charge >= 0.3 is 58.2 Å². The van der Waals surface area contributed by atoms with Crippen LogP contribution in [-0.2, 0) is 14.9 Å². The van der Waals surface area contributed by atoms with Crippen LogP contribution in [0.25, 0.3) is 0 Å². The molecule has 0 aromatic carbocycles. The minimum absolute atomic E-state index is 0. The average molecular weight is 295 g/mol. The van der Waals surface area contributed by atoms with Gasteiger partial charge < -0.3 is 4.55 Å². The molecule has 0 saturated heterocycles. The largest absolute Gasteiger partial charge is 1.00 e. The second-order valence-corrected chi connectivity index (χ2v) is 4.77. The Bertz CT molecular complexity index is 283. The summed E-state index contributed by atoms with van der Waals surface area (Å²) in [5.74, 6) is -0.520. The Balaban J connectivity index is 0. The number of carbonyl (C=O) groups is 1. The summed E-state index contributed by atoms with van der Waals surface area (Å²) < 4.78 is 30.2. The standard InChI is InChI=1S/C6H10O4S2.Rb/c1-5(2)6(7)11-3-4-12(8,9)10;/h1,3-4H2,2H3,(H,8,9,10);/q;+1/p-1. The van der Waals surface area contributed by atoms with Crippen molar-refractivity contribution in [3.05, 3.63) is 12.2 Å². The SMILES string of the molecule is C=C(C)C(=O)SCCS(=O)(=O)[O-].[Rb+]. The van der Waals surface area contributed by atoms with Crippen molar-refractivity contribution in [2.75, 3.05) is 11.5 Å². The summed E-state index contributed by atoms with van der Waals surface area (Å²) in [5, 5.41) is -0.279. The number of carbonyl (C=O) groups excluding carboxylic acids is 1. The molecule has 4 nitrogen and oxygen atoms in total. The fourth-order valence-corrected chi connectivity index (χ4v) is 1.94. The molecule has 0 aliphatic rings. The Morgan fingerprint density at radius 2 is 2.00 bits per heavy atom. The van der Waals surface area contributed by atoms with Crippen molar-refractivity contribution < 1.29 is 76.0 Å². The summed E-state index contributed by atoms with van der Waals surface area (Å²) >= 11 is 0.794. The van der Waals surface area contributed by atoms with Gasteiger partial charge in [-0.2, -0.15) is 0 Å². The molecular weight excluding hydrogens is 286 g/mol. The van der Waals surface area contributed by atoms with Gasteiger partial charge in [-0.05, 0) is 12.5 Å². The zero-order valence-electron chi connectivity index (χ0n) is 7.57. The molecule has 0 radical (unpaired) electrons. The van der Waals surface area contributed by atoms with Crippen molar-refractivity contribution in [3.8, 4) is 0 Å². The predicted molar refractivity (Wildman–Crippen MR) is 46.8 cm³/mol. The molecule has 0 spiro atoms. The van der Waals surface area contributed by atoms with Gasteiger partial charge in [-0.25, -0.2) is 8.42 Å². The second kappa shape index (κ2) is 7.73. The molecule has 0 bridgehead atoms. The van der Waals surface area contributed by atoms with Crippen molar-refractivity contribution in [3.63, 3.8) is 0 Å². The first-order chi connectivity index (χ1) is 5.33. The Hall–Kier alpha value is 1.48. The van der Waals surface area contributed by atoms with Crippen LogP contribution >= 0.6 is 11.8 Å². The molecule has 0 aromatic rings. The first-order valence-corrected chi connectivity index (χ1v) is 5.65. The van der Waals surface area contributed by atoms with Crippen molar-refractivity contribution in [1.29, 1.82) is 0 Å². The topological polar surface area (TPSA) is 74.3 Å². The summed E-state index contributed by atoms with van der Waals surface area (Å²) in [5.41, 5.74) is 0.350. The van der Waals surface area contributed by atoms with Crippen LogP contribution in [0.5, 0.6) is 0 Å². The normalized spacial score (nSPS) is 10.3. The molecule has 0 N–H and O–H groups in total. The molecule has 0 fully saturated rings. The molecule has 0 unspecified atom stereocenters. The van der Waals surface area contributed by atoms with E-state index < -0.39 is 15.9 Å². The number of thioether (sulfide) groups is 1. The van der Waals surface area contributed by atoms with Crippen molar-refractivity contribution in [2.45, 2.75) is 6.92 Å². The van der Waals surface area contributed by atoms with Gasteiger partial charge in [-0.1, -0.05) is 18.3 Å². The van der Waals surface area contributed by atoms with Crippen LogP contribution in [0, 0.1) is 0 Å². The Morgan fingerprint density at radius 1 is 1.54 bits per heavy atom. The number of hydrogen-bond donors (Lipinski definition) is 0. The molecule has 7 heteroatoms. The third-order valence-electron chi connectivity index (χ3n) is 0.915. The molecule has 0 amide bonds. The Morgan fingerprint density at radius 3 is 2.31 bits per heavy atom. The maximum absolute atomic E-state index is 10.8. The number of rotatable bonds is 4. The molecule has 0 aliphatic heterocycles. The summed E-state index contributed by atoms with van der Waals surface area (Å²) in [4.78, 5) is 10.8. The van der Waals surface area contributed by atoms with E-state index in [0.29, 0.717) is 5.57 Å².